The van der Waals surface area contributed by atoms with Gasteiger partial charge in [-0.25, -0.2) is 8.42 Å². The molecule has 3 aromatic carbocycles. The fourth-order valence-corrected chi connectivity index (χ4v) is 4.35. The average molecular weight is 446 g/mol. The number of aliphatic carboxylic acids is 1. The van der Waals surface area contributed by atoms with Crippen LogP contribution in [0.2, 0.25) is 5.02 Å². The average Bonchev–Trinajstić information content (AvgIpc) is 2.73. The van der Waals surface area contributed by atoms with Crippen LogP contribution >= 0.6 is 11.6 Å². The standard InChI is InChI=1S/C22H20ClNO5S/c1-24(30(27,28)19-13-11-17(23)12-14-19)20(22(25)26)15-16-7-5-6-10-21(16)29-18-8-3-2-4-9-18/h2-14,20H,15H2,1H3,(H,25,26)/t20-/m1/s1. The number of benzene rings is 3. The summed E-state index contributed by atoms with van der Waals surface area (Å²) in [5.74, 6) is -0.198. The smallest absolute Gasteiger partial charge is 0.322 e. The number of carboxylic acid groups (broad SMARTS) is 1. The summed E-state index contributed by atoms with van der Waals surface area (Å²) in [5.41, 5.74) is 0.576. The van der Waals surface area contributed by atoms with Crippen LogP contribution in [0.15, 0.2) is 83.8 Å². The Morgan fingerprint density at radius 1 is 1.00 bits per heavy atom. The Bertz CT molecular complexity index is 1120. The third-order valence-corrected chi connectivity index (χ3v) is 6.70. The Hall–Kier alpha value is -2.87. The lowest BCUT2D eigenvalue weighted by molar-refractivity contribution is -0.141. The van der Waals surface area contributed by atoms with Crippen LogP contribution in [0.5, 0.6) is 11.5 Å². The summed E-state index contributed by atoms with van der Waals surface area (Å²) in [7, 11) is -2.79. The predicted octanol–water partition coefficient (Wildman–Crippen LogP) is 4.45. The third-order valence-electron chi connectivity index (χ3n) is 4.57. The zero-order valence-electron chi connectivity index (χ0n) is 16.1. The molecule has 0 heterocycles. The van der Waals surface area contributed by atoms with Crippen LogP contribution in [0.1, 0.15) is 5.56 Å². The number of sulfonamides is 1. The molecule has 0 saturated carbocycles. The molecule has 0 saturated heterocycles. The molecule has 3 aromatic rings. The largest absolute Gasteiger partial charge is 0.480 e. The Kier molecular flexibility index (Phi) is 6.77. The second-order valence-electron chi connectivity index (χ2n) is 6.56. The van der Waals surface area contributed by atoms with Crippen molar-refractivity contribution >= 4 is 27.6 Å². The molecule has 0 aliphatic carbocycles. The number of hydrogen-bond donors (Lipinski definition) is 1. The van der Waals surface area contributed by atoms with E-state index < -0.39 is 22.0 Å². The van der Waals surface area contributed by atoms with Crippen LogP contribution in [-0.4, -0.2) is 36.9 Å². The summed E-state index contributed by atoms with van der Waals surface area (Å²) in [4.78, 5) is 11.9. The van der Waals surface area contributed by atoms with E-state index in [1.165, 1.54) is 31.3 Å². The lowest BCUT2D eigenvalue weighted by atomic mass is 10.1. The van der Waals surface area contributed by atoms with E-state index in [2.05, 4.69) is 0 Å². The number of hydrogen-bond acceptors (Lipinski definition) is 4. The van der Waals surface area contributed by atoms with E-state index in [-0.39, 0.29) is 11.3 Å². The molecule has 0 radical (unpaired) electrons. The number of ether oxygens (including phenoxy) is 1. The van der Waals surface area contributed by atoms with E-state index in [1.54, 1.807) is 36.4 Å². The van der Waals surface area contributed by atoms with Gasteiger partial charge in [0.1, 0.15) is 17.5 Å². The van der Waals surface area contributed by atoms with E-state index in [0.717, 1.165) is 4.31 Å². The minimum absolute atomic E-state index is 0.0329. The molecule has 0 aromatic heterocycles. The maximum Gasteiger partial charge on any atom is 0.322 e. The topological polar surface area (TPSA) is 83.9 Å². The first-order chi connectivity index (χ1) is 14.3. The molecular weight excluding hydrogens is 426 g/mol. The maximum atomic E-state index is 12.9. The molecule has 30 heavy (non-hydrogen) atoms. The van der Waals surface area contributed by atoms with Gasteiger partial charge in [0.25, 0.3) is 0 Å². The zero-order chi connectivity index (χ0) is 21.7. The van der Waals surface area contributed by atoms with Crippen molar-refractivity contribution in [2.45, 2.75) is 17.4 Å². The quantitative estimate of drug-likeness (QED) is 0.553. The SMILES string of the molecule is CN([C@H](Cc1ccccc1Oc1ccccc1)C(=O)O)S(=O)(=O)c1ccc(Cl)cc1. The zero-order valence-corrected chi connectivity index (χ0v) is 17.7. The second-order valence-corrected chi connectivity index (χ2v) is 8.99. The number of rotatable bonds is 8. The maximum absolute atomic E-state index is 12.9. The van der Waals surface area contributed by atoms with Gasteiger partial charge in [-0.05, 0) is 48.0 Å². The van der Waals surface area contributed by atoms with E-state index in [0.29, 0.717) is 22.1 Å². The molecule has 0 amide bonds. The van der Waals surface area contributed by atoms with Crippen molar-refractivity contribution in [3.8, 4) is 11.5 Å². The molecule has 0 aliphatic heterocycles. The van der Waals surface area contributed by atoms with Gasteiger partial charge >= 0.3 is 5.97 Å². The summed E-state index contributed by atoms with van der Waals surface area (Å²) >= 11 is 5.83. The first kappa shape index (κ1) is 21.8. The number of halogens is 1. The Balaban J connectivity index is 1.89. The lowest BCUT2D eigenvalue weighted by Gasteiger charge is -2.25. The summed E-state index contributed by atoms with van der Waals surface area (Å²) in [6.07, 6.45) is -0.0678. The van der Waals surface area contributed by atoms with Gasteiger partial charge in [-0.1, -0.05) is 48.0 Å². The van der Waals surface area contributed by atoms with Gasteiger partial charge in [0.2, 0.25) is 10.0 Å². The Labute approximate surface area is 180 Å². The van der Waals surface area contributed by atoms with Crippen LogP contribution < -0.4 is 4.74 Å². The van der Waals surface area contributed by atoms with Crippen molar-refractivity contribution in [1.82, 2.24) is 4.31 Å². The number of para-hydroxylation sites is 2. The molecule has 0 bridgehead atoms. The molecule has 3 rings (SSSR count). The summed E-state index contributed by atoms with van der Waals surface area (Å²) < 4.78 is 32.6. The molecule has 1 N–H and O–H groups in total. The summed E-state index contributed by atoms with van der Waals surface area (Å²) in [6.45, 7) is 0. The van der Waals surface area contributed by atoms with Crippen LogP contribution in [0.4, 0.5) is 0 Å². The van der Waals surface area contributed by atoms with Crippen molar-refractivity contribution in [2.75, 3.05) is 7.05 Å². The Morgan fingerprint density at radius 2 is 1.60 bits per heavy atom. The summed E-state index contributed by atoms with van der Waals surface area (Å²) in [5, 5.41) is 10.2. The van der Waals surface area contributed by atoms with Gasteiger partial charge in [0, 0.05) is 18.5 Å². The van der Waals surface area contributed by atoms with Crippen molar-refractivity contribution in [1.29, 1.82) is 0 Å². The molecule has 0 aliphatic rings. The van der Waals surface area contributed by atoms with Crippen molar-refractivity contribution in [3.63, 3.8) is 0 Å². The van der Waals surface area contributed by atoms with Gasteiger partial charge in [-0.15, -0.1) is 0 Å². The van der Waals surface area contributed by atoms with Gasteiger partial charge < -0.3 is 9.84 Å². The van der Waals surface area contributed by atoms with Crippen molar-refractivity contribution in [3.05, 3.63) is 89.4 Å². The van der Waals surface area contributed by atoms with E-state index in [4.69, 9.17) is 16.3 Å². The fraction of sp³-hybridized carbons (Fsp3) is 0.136. The van der Waals surface area contributed by atoms with E-state index >= 15 is 0 Å². The molecule has 0 fully saturated rings. The van der Waals surface area contributed by atoms with E-state index in [9.17, 15) is 18.3 Å². The van der Waals surface area contributed by atoms with Gasteiger partial charge in [-0.3, -0.25) is 4.79 Å². The van der Waals surface area contributed by atoms with Crippen LogP contribution in [-0.2, 0) is 21.2 Å². The summed E-state index contributed by atoms with van der Waals surface area (Å²) in [6, 6.07) is 20.3. The molecular formula is C22H20ClNO5S. The number of carboxylic acids is 1. The van der Waals surface area contributed by atoms with Gasteiger partial charge in [-0.2, -0.15) is 4.31 Å². The highest BCUT2D eigenvalue weighted by Gasteiger charge is 2.33. The number of nitrogens with zero attached hydrogens (tertiary/aromatic N) is 1. The van der Waals surface area contributed by atoms with E-state index in [1.807, 2.05) is 18.2 Å². The molecule has 6 nitrogen and oxygen atoms in total. The van der Waals surface area contributed by atoms with Crippen LogP contribution in [0.3, 0.4) is 0 Å². The molecule has 156 valence electrons. The minimum atomic E-state index is -4.04. The molecule has 0 spiro atoms. The van der Waals surface area contributed by atoms with Crippen LogP contribution in [0, 0.1) is 0 Å². The van der Waals surface area contributed by atoms with Crippen LogP contribution in [0.25, 0.3) is 0 Å². The molecule has 8 heteroatoms. The molecule has 0 unspecified atom stereocenters. The Morgan fingerprint density at radius 3 is 2.23 bits per heavy atom. The van der Waals surface area contributed by atoms with Crippen molar-refractivity contribution in [2.24, 2.45) is 0 Å². The predicted molar refractivity (Wildman–Crippen MR) is 114 cm³/mol. The second kappa shape index (κ2) is 9.30. The monoisotopic (exact) mass is 445 g/mol. The number of likely N-dealkylation sites (N-methyl/N-ethyl adjacent to an activating group) is 1. The highest BCUT2D eigenvalue weighted by molar-refractivity contribution is 7.89. The number of carbonyl (C=O) groups is 1. The highest BCUT2D eigenvalue weighted by atomic mass is 35.5. The van der Waals surface area contributed by atoms with Gasteiger partial charge in [0.15, 0.2) is 0 Å². The first-order valence-corrected chi connectivity index (χ1v) is 10.9. The minimum Gasteiger partial charge on any atom is -0.480 e. The normalized spacial score (nSPS) is 12.5. The van der Waals surface area contributed by atoms with Gasteiger partial charge in [0.05, 0.1) is 4.90 Å². The third kappa shape index (κ3) is 4.99. The molecule has 1 atom stereocenters. The first-order valence-electron chi connectivity index (χ1n) is 9.06. The highest BCUT2D eigenvalue weighted by Crippen LogP contribution is 2.28. The lowest BCUT2D eigenvalue weighted by Crippen LogP contribution is -2.43. The van der Waals surface area contributed by atoms with Crippen molar-refractivity contribution < 1.29 is 23.1 Å². The fourth-order valence-electron chi connectivity index (χ4n) is 2.91.